The molecule has 0 aliphatic carbocycles. The second kappa shape index (κ2) is 6.07. The molecule has 1 aromatic heterocycles. The number of nitrogens with zero attached hydrogens (tertiary/aromatic N) is 1. The topological polar surface area (TPSA) is 59.4 Å². The maximum absolute atomic E-state index is 10.5. The van der Waals surface area contributed by atoms with Gasteiger partial charge in [0.25, 0.3) is 0 Å². The predicted molar refractivity (Wildman–Crippen MR) is 62.6 cm³/mol. The number of hydrogen-bond acceptors (Lipinski definition) is 3. The Labute approximate surface area is 105 Å². The highest BCUT2D eigenvalue weighted by atomic mass is 79.9. The summed E-state index contributed by atoms with van der Waals surface area (Å²) in [4.78, 5) is 14.7. The molecule has 0 radical (unpaired) electrons. The number of carboxylic acid groups (broad SMARTS) is 1. The van der Waals surface area contributed by atoms with Crippen molar-refractivity contribution in [2.24, 2.45) is 0 Å². The van der Waals surface area contributed by atoms with Gasteiger partial charge in [-0.05, 0) is 0 Å². The first-order chi connectivity index (χ1) is 7.56. The average molecular weight is 340 g/mol. The minimum absolute atomic E-state index is 0.335. The van der Waals surface area contributed by atoms with E-state index in [2.05, 4.69) is 36.8 Å². The van der Waals surface area contributed by atoms with Crippen LogP contribution in [0.1, 0.15) is 12.8 Å². The van der Waals surface area contributed by atoms with Crippen molar-refractivity contribution in [3.63, 3.8) is 0 Å². The van der Waals surface area contributed by atoms with Crippen molar-refractivity contribution in [1.82, 2.24) is 4.98 Å². The van der Waals surface area contributed by atoms with Crippen molar-refractivity contribution in [1.29, 1.82) is 0 Å². The van der Waals surface area contributed by atoms with Crippen LogP contribution in [-0.4, -0.2) is 22.6 Å². The van der Waals surface area contributed by atoms with Crippen LogP contribution in [-0.2, 0) is 15.5 Å². The molecule has 1 heterocycles. The molecule has 0 amide bonds. The number of aliphatic carboxylic acids is 1. The number of pyridine rings is 1. The second-order valence-electron chi connectivity index (χ2n) is 2.63. The van der Waals surface area contributed by atoms with E-state index in [-0.39, 0.29) is 0 Å². The van der Waals surface area contributed by atoms with Crippen molar-refractivity contribution in [3.8, 4) is 5.75 Å². The molecule has 6 heteroatoms. The van der Waals surface area contributed by atoms with Crippen molar-refractivity contribution in [2.75, 3.05) is 6.58 Å². The van der Waals surface area contributed by atoms with Gasteiger partial charge in [0.2, 0.25) is 0 Å². The molecular weight excluding hydrogens is 330 g/mol. The first-order valence-electron chi connectivity index (χ1n) is 4.58. The molecular formula is C9H9Br2NO3. The van der Waals surface area contributed by atoms with Crippen LogP contribution in [0.5, 0.6) is 5.75 Å². The lowest BCUT2D eigenvalue weighted by atomic mass is 10.3. The van der Waals surface area contributed by atoms with Gasteiger partial charge < -0.3 is 9.84 Å². The van der Waals surface area contributed by atoms with E-state index >= 15 is 0 Å². The molecule has 0 bridgehead atoms. The number of halogens is 2. The van der Waals surface area contributed by atoms with E-state index in [1.807, 2.05) is 0 Å². The summed E-state index contributed by atoms with van der Waals surface area (Å²) in [6, 6.07) is 3.21. The van der Waals surface area contributed by atoms with E-state index in [9.17, 15) is 4.79 Å². The van der Waals surface area contributed by atoms with Crippen molar-refractivity contribution < 1.29 is 16.0 Å². The normalized spacial score (nSPS) is 13.1. The molecule has 0 aromatic carbocycles. The molecule has 0 spiro atoms. The molecule has 1 aromatic rings. The maximum Gasteiger partial charge on any atom is 0.341 e. The largest absolute Gasteiger partial charge is 0.482 e. The summed E-state index contributed by atoms with van der Waals surface area (Å²) in [7, 11) is 0. The van der Waals surface area contributed by atoms with Crippen LogP contribution in [0.25, 0.3) is 0 Å². The summed E-state index contributed by atoms with van der Waals surface area (Å²) >= 11 is 6.51. The smallest absolute Gasteiger partial charge is 0.341 e. The van der Waals surface area contributed by atoms with E-state index in [0.717, 1.165) is 11.4 Å². The molecule has 15 heavy (non-hydrogen) atoms. The van der Waals surface area contributed by atoms with Crippen molar-refractivity contribution in [3.05, 3.63) is 23.5 Å². The van der Waals surface area contributed by atoms with E-state index in [4.69, 9.17) is 11.2 Å². The van der Waals surface area contributed by atoms with Gasteiger partial charge in [-0.2, -0.15) is 0 Å². The zero-order valence-electron chi connectivity index (χ0n) is 8.61. The Balaban J connectivity index is 2.90. The standard InChI is InChI=1S/C9H9Br2NO3/c10-3-6-1-8(15-5-9(13)14)2-7(4-11)12-6/h1-2H,3-5H2,(H,13,14)/i5D. The first kappa shape index (κ1) is 10.9. The number of carbonyl (C=O) groups is 1. The number of hydrogen-bond donors (Lipinski definition) is 1. The third-order valence-electron chi connectivity index (χ3n) is 1.47. The van der Waals surface area contributed by atoms with Crippen molar-refractivity contribution >= 4 is 37.8 Å². The predicted octanol–water partition coefficient (Wildman–Crippen LogP) is 2.33. The third-order valence-corrected chi connectivity index (χ3v) is 2.62. The van der Waals surface area contributed by atoms with Crippen LogP contribution in [0, 0.1) is 0 Å². The Morgan fingerprint density at radius 1 is 1.47 bits per heavy atom. The van der Waals surface area contributed by atoms with E-state index in [0.29, 0.717) is 16.4 Å². The average Bonchev–Trinajstić information content (AvgIpc) is 2.28. The van der Waals surface area contributed by atoms with Crippen LogP contribution in [0.3, 0.4) is 0 Å². The molecule has 0 fully saturated rings. The van der Waals surface area contributed by atoms with Gasteiger partial charge in [0.05, 0.1) is 12.8 Å². The van der Waals surface area contributed by atoms with Crippen LogP contribution < -0.4 is 4.74 Å². The zero-order chi connectivity index (χ0) is 12.1. The first-order valence-corrected chi connectivity index (χ1v) is 6.24. The van der Waals surface area contributed by atoms with E-state index in [1.54, 1.807) is 12.1 Å². The zero-order valence-corrected chi connectivity index (χ0v) is 10.8. The molecule has 1 unspecified atom stereocenters. The Morgan fingerprint density at radius 3 is 2.40 bits per heavy atom. The summed E-state index contributed by atoms with van der Waals surface area (Å²) in [5.41, 5.74) is 1.45. The monoisotopic (exact) mass is 338 g/mol. The molecule has 1 atom stereocenters. The lowest BCUT2D eigenvalue weighted by Gasteiger charge is -2.06. The summed E-state index contributed by atoms with van der Waals surface area (Å²) in [6.07, 6.45) is 0. The molecule has 0 saturated carbocycles. The molecule has 4 nitrogen and oxygen atoms in total. The summed E-state index contributed by atoms with van der Waals surface area (Å²) in [6.45, 7) is -1.62. The van der Waals surface area contributed by atoms with Gasteiger partial charge >= 0.3 is 5.97 Å². The Hall–Kier alpha value is -0.620. The van der Waals surface area contributed by atoms with Gasteiger partial charge in [0.15, 0.2) is 6.58 Å². The number of carboxylic acids is 1. The Morgan fingerprint density at radius 2 is 2.00 bits per heavy atom. The molecule has 0 aliphatic heterocycles. The van der Waals surface area contributed by atoms with Crippen LogP contribution in [0.15, 0.2) is 12.1 Å². The Kier molecular flexibility index (Phi) is 4.40. The fourth-order valence-corrected chi connectivity index (χ4v) is 1.52. The number of ether oxygens (including phenoxy) is 1. The second-order valence-corrected chi connectivity index (χ2v) is 3.75. The van der Waals surface area contributed by atoms with E-state index in [1.165, 1.54) is 0 Å². The Bertz CT molecular complexity index is 367. The lowest BCUT2D eigenvalue weighted by Crippen LogP contribution is -2.10. The SMILES string of the molecule is [2H]C(Oc1cc(CBr)nc(CBr)c1)C(=O)O. The van der Waals surface area contributed by atoms with Gasteiger partial charge in [-0.25, -0.2) is 4.79 Å². The van der Waals surface area contributed by atoms with Gasteiger partial charge in [0.1, 0.15) is 5.75 Å². The number of alkyl halides is 2. The summed E-state index contributed by atoms with van der Waals surface area (Å²) < 4.78 is 12.1. The van der Waals surface area contributed by atoms with Gasteiger partial charge in [-0.1, -0.05) is 31.9 Å². The fourth-order valence-electron chi connectivity index (χ4n) is 0.943. The van der Waals surface area contributed by atoms with Gasteiger partial charge in [-0.3, -0.25) is 4.98 Å². The van der Waals surface area contributed by atoms with Gasteiger partial charge in [0, 0.05) is 22.8 Å². The minimum Gasteiger partial charge on any atom is -0.482 e. The lowest BCUT2D eigenvalue weighted by molar-refractivity contribution is -0.139. The van der Waals surface area contributed by atoms with Crippen LogP contribution in [0.4, 0.5) is 0 Å². The third kappa shape index (κ3) is 4.17. The summed E-state index contributed by atoms with van der Waals surface area (Å²) in [5.74, 6) is -0.987. The fraction of sp³-hybridized carbons (Fsp3) is 0.333. The molecule has 82 valence electrons. The minimum atomic E-state index is -1.62. The highest BCUT2D eigenvalue weighted by Crippen LogP contribution is 2.17. The molecule has 0 saturated heterocycles. The molecule has 1 rings (SSSR count). The number of aromatic nitrogens is 1. The maximum atomic E-state index is 10.5. The summed E-state index contributed by atoms with van der Waals surface area (Å²) in [5, 5.41) is 9.63. The highest BCUT2D eigenvalue weighted by Gasteiger charge is 2.04. The highest BCUT2D eigenvalue weighted by molar-refractivity contribution is 9.08. The van der Waals surface area contributed by atoms with Crippen molar-refractivity contribution in [2.45, 2.75) is 10.7 Å². The van der Waals surface area contributed by atoms with E-state index < -0.39 is 12.6 Å². The quantitative estimate of drug-likeness (QED) is 0.836. The molecule has 0 aliphatic rings. The van der Waals surface area contributed by atoms with Gasteiger partial charge in [-0.15, -0.1) is 0 Å². The van der Waals surface area contributed by atoms with Crippen LogP contribution >= 0.6 is 31.9 Å². The van der Waals surface area contributed by atoms with Crippen LogP contribution in [0.2, 0.25) is 0 Å². The molecule has 1 N–H and O–H groups in total. The number of rotatable bonds is 5.